The minimum Gasteiger partial charge on any atom is -0.311 e. The summed E-state index contributed by atoms with van der Waals surface area (Å²) in [5.41, 5.74) is 4.71. The number of amides is 3. The Bertz CT molecular complexity index is 1040. The van der Waals surface area contributed by atoms with Gasteiger partial charge in [-0.25, -0.2) is 4.79 Å². The van der Waals surface area contributed by atoms with Gasteiger partial charge in [-0.05, 0) is 57.7 Å². The predicted octanol–water partition coefficient (Wildman–Crippen LogP) is 5.02. The van der Waals surface area contributed by atoms with Crippen molar-refractivity contribution in [2.24, 2.45) is 4.99 Å². The van der Waals surface area contributed by atoms with Gasteiger partial charge in [-0.2, -0.15) is 0 Å². The molecule has 2 N–H and O–H groups in total. The van der Waals surface area contributed by atoms with Crippen LogP contribution in [0.4, 0.5) is 10.5 Å². The van der Waals surface area contributed by atoms with Crippen molar-refractivity contribution >= 4 is 31.5 Å². The van der Waals surface area contributed by atoms with Gasteiger partial charge in [0.2, 0.25) is 5.91 Å². The maximum absolute atomic E-state index is 13.3. The highest BCUT2D eigenvalue weighted by Crippen LogP contribution is 2.55. The zero-order valence-corrected chi connectivity index (χ0v) is 21.5. The zero-order chi connectivity index (χ0) is 23.5. The van der Waals surface area contributed by atoms with Crippen LogP contribution in [0.1, 0.15) is 44.2 Å². The second-order valence-corrected chi connectivity index (χ2v) is 16.6. The molecular formula is C25H36N4O2Si. The second-order valence-electron chi connectivity index (χ2n) is 11.2. The summed E-state index contributed by atoms with van der Waals surface area (Å²) in [4.78, 5) is 33.1. The number of aryl methyl sites for hydroxylation is 2. The quantitative estimate of drug-likeness (QED) is 0.632. The molecule has 0 atom stereocenters. The van der Waals surface area contributed by atoms with E-state index in [1.165, 1.54) is 5.56 Å². The van der Waals surface area contributed by atoms with Crippen LogP contribution in [0.5, 0.6) is 0 Å². The lowest BCUT2D eigenvalue weighted by Gasteiger charge is -2.49. The van der Waals surface area contributed by atoms with Crippen LogP contribution in [0, 0.1) is 13.8 Å². The largest absolute Gasteiger partial charge is 0.322 e. The van der Waals surface area contributed by atoms with Crippen molar-refractivity contribution in [2.75, 3.05) is 18.4 Å². The van der Waals surface area contributed by atoms with Crippen molar-refractivity contribution in [2.45, 2.75) is 77.2 Å². The summed E-state index contributed by atoms with van der Waals surface area (Å²) in [6, 6.07) is 5.90. The molecule has 0 saturated heterocycles. The van der Waals surface area contributed by atoms with Gasteiger partial charge in [0.1, 0.15) is 5.84 Å². The first-order chi connectivity index (χ1) is 14.9. The van der Waals surface area contributed by atoms with Gasteiger partial charge in [0.15, 0.2) is 0 Å². The fraction of sp³-hybridized carbons (Fsp3) is 0.560. The summed E-state index contributed by atoms with van der Waals surface area (Å²) in [6.07, 6.45) is 3.07. The van der Waals surface area contributed by atoms with Crippen LogP contribution in [-0.4, -0.2) is 49.4 Å². The number of aliphatic imine (C=N–C) groups is 1. The Morgan fingerprint density at radius 2 is 1.78 bits per heavy atom. The summed E-state index contributed by atoms with van der Waals surface area (Å²) in [5.74, 6) is 0.802. The van der Waals surface area contributed by atoms with Crippen LogP contribution in [-0.2, 0) is 4.79 Å². The van der Waals surface area contributed by atoms with E-state index in [2.05, 4.69) is 55.2 Å². The molecule has 1 saturated carbocycles. The Hall–Kier alpha value is -2.41. The topological polar surface area (TPSA) is 73.8 Å². The van der Waals surface area contributed by atoms with Gasteiger partial charge in [-0.3, -0.25) is 9.79 Å². The fourth-order valence-corrected chi connectivity index (χ4v) is 7.99. The summed E-state index contributed by atoms with van der Waals surface area (Å²) in [7, 11) is -1.66. The average molecular weight is 453 g/mol. The Morgan fingerprint density at radius 1 is 1.09 bits per heavy atom. The average Bonchev–Trinajstić information content (AvgIpc) is 3.13. The number of nitrogens with zero attached hydrogens (tertiary/aromatic N) is 2. The minimum atomic E-state index is -1.66. The van der Waals surface area contributed by atoms with Crippen molar-refractivity contribution < 1.29 is 9.59 Å². The molecule has 1 aromatic carbocycles. The zero-order valence-electron chi connectivity index (χ0n) is 20.5. The summed E-state index contributed by atoms with van der Waals surface area (Å²) in [6.45, 7) is 16.0. The summed E-state index contributed by atoms with van der Waals surface area (Å²) < 4.78 is 0. The number of carbonyl (C=O) groups excluding carboxylic acids is 2. The first kappa shape index (κ1) is 22.8. The van der Waals surface area contributed by atoms with E-state index < -0.39 is 13.6 Å². The van der Waals surface area contributed by atoms with Crippen LogP contribution in [0.15, 0.2) is 34.3 Å². The number of hydrogen-bond donors (Lipinski definition) is 2. The third kappa shape index (κ3) is 3.51. The van der Waals surface area contributed by atoms with Gasteiger partial charge >= 0.3 is 6.03 Å². The number of nitrogens with one attached hydrogen (secondary N) is 2. The van der Waals surface area contributed by atoms with Gasteiger partial charge in [-0.1, -0.05) is 43.8 Å². The molecule has 6 nitrogen and oxygen atoms in total. The second kappa shape index (κ2) is 7.58. The molecule has 0 radical (unpaired) electrons. The molecule has 0 spiro atoms. The van der Waals surface area contributed by atoms with Gasteiger partial charge in [0.25, 0.3) is 0 Å². The van der Waals surface area contributed by atoms with E-state index >= 15 is 0 Å². The molecule has 1 fully saturated rings. The number of hydrogen-bond acceptors (Lipinski definition) is 3. The number of anilines is 1. The number of rotatable bonds is 3. The number of urea groups is 1. The van der Waals surface area contributed by atoms with Gasteiger partial charge < -0.3 is 15.5 Å². The lowest BCUT2D eigenvalue weighted by atomic mass is 9.83. The highest BCUT2D eigenvalue weighted by Gasteiger charge is 2.54. The first-order valence-electron chi connectivity index (χ1n) is 11.6. The van der Waals surface area contributed by atoms with Crippen LogP contribution in [0.2, 0.25) is 24.7 Å². The van der Waals surface area contributed by atoms with Crippen LogP contribution in [0.25, 0.3) is 0 Å². The predicted molar refractivity (Wildman–Crippen MR) is 133 cm³/mol. The summed E-state index contributed by atoms with van der Waals surface area (Å²) in [5, 5.41) is 6.07. The van der Waals surface area contributed by atoms with Crippen LogP contribution in [0.3, 0.4) is 0 Å². The molecule has 32 heavy (non-hydrogen) atoms. The van der Waals surface area contributed by atoms with E-state index in [9.17, 15) is 9.59 Å². The Kier molecular flexibility index (Phi) is 5.39. The fourth-order valence-electron chi connectivity index (χ4n) is 5.40. The van der Waals surface area contributed by atoms with Crippen molar-refractivity contribution in [1.82, 2.24) is 10.2 Å². The molecule has 0 aromatic heterocycles. The summed E-state index contributed by atoms with van der Waals surface area (Å²) >= 11 is 0. The standard InChI is InChI=1S/C25H36N4O2Si/c1-16-9-10-20(17(2)13-16)27-23(31)29-15-18-19(24(29,3)4)14-26-21(18)28-22(30)25(11-8-12-25)32(5,6)7/h9-10,13H,8,11-12,14-15H2,1-7H3,(H,27,31)(H,26,28,30). The van der Waals surface area contributed by atoms with Crippen molar-refractivity contribution in [1.29, 1.82) is 0 Å². The van der Waals surface area contributed by atoms with Gasteiger partial charge in [0, 0.05) is 16.3 Å². The lowest BCUT2D eigenvalue weighted by molar-refractivity contribution is -0.125. The van der Waals surface area contributed by atoms with E-state index in [-0.39, 0.29) is 17.0 Å². The molecule has 2 heterocycles. The van der Waals surface area contributed by atoms with Gasteiger partial charge in [0.05, 0.1) is 26.7 Å². The van der Waals surface area contributed by atoms with E-state index in [0.29, 0.717) is 18.9 Å². The SMILES string of the molecule is Cc1ccc(NC(=O)N2CC3=C(CN=C3NC(=O)C3([Si](C)(C)C)CCC3)C2(C)C)c(C)c1. The molecule has 3 amide bonds. The molecule has 2 aliphatic heterocycles. The molecule has 1 aromatic rings. The maximum Gasteiger partial charge on any atom is 0.322 e. The van der Waals surface area contributed by atoms with Gasteiger partial charge in [-0.15, -0.1) is 0 Å². The third-order valence-corrected chi connectivity index (χ3v) is 11.6. The maximum atomic E-state index is 13.3. The highest BCUT2D eigenvalue weighted by atomic mass is 28.3. The van der Waals surface area contributed by atoms with E-state index in [1.54, 1.807) is 0 Å². The molecule has 1 aliphatic carbocycles. The normalized spacial score (nSPS) is 21.1. The molecular weight excluding hydrogens is 416 g/mol. The first-order valence-corrected chi connectivity index (χ1v) is 15.1. The molecule has 3 aliphatic rings. The highest BCUT2D eigenvalue weighted by molar-refractivity contribution is 6.82. The Morgan fingerprint density at radius 3 is 2.34 bits per heavy atom. The van der Waals surface area contributed by atoms with E-state index in [4.69, 9.17) is 0 Å². The smallest absolute Gasteiger partial charge is 0.311 e. The Labute approximate surface area is 192 Å². The molecule has 0 bridgehead atoms. The number of benzene rings is 1. The third-order valence-electron chi connectivity index (χ3n) is 7.95. The lowest BCUT2D eigenvalue weighted by Crippen LogP contribution is -2.55. The van der Waals surface area contributed by atoms with Crippen molar-refractivity contribution in [3.63, 3.8) is 0 Å². The molecule has 4 rings (SSSR count). The van der Waals surface area contributed by atoms with Crippen molar-refractivity contribution in [3.05, 3.63) is 40.5 Å². The van der Waals surface area contributed by atoms with E-state index in [1.807, 2.05) is 30.9 Å². The molecule has 0 unspecified atom stereocenters. The van der Waals surface area contributed by atoms with E-state index in [0.717, 1.165) is 41.7 Å². The molecule has 172 valence electrons. The van der Waals surface area contributed by atoms with Crippen LogP contribution >= 0.6 is 0 Å². The monoisotopic (exact) mass is 452 g/mol. The number of amidine groups is 1. The number of carbonyl (C=O) groups is 2. The van der Waals surface area contributed by atoms with Crippen LogP contribution < -0.4 is 10.6 Å². The van der Waals surface area contributed by atoms with Crippen molar-refractivity contribution in [3.8, 4) is 0 Å². The minimum absolute atomic E-state index is 0.125. The molecule has 7 heteroatoms. The Balaban J connectivity index is 1.50.